The number of alkyl halides is 3. The zero-order valence-corrected chi connectivity index (χ0v) is 17.0. The molecule has 3 aromatic rings. The number of carboxylic acids is 1. The Balaban J connectivity index is 1.49. The zero-order chi connectivity index (χ0) is 22.0. The predicted molar refractivity (Wildman–Crippen MR) is 111 cm³/mol. The molecule has 0 saturated heterocycles. The van der Waals surface area contributed by atoms with Crippen molar-refractivity contribution in [3.8, 4) is 5.75 Å². The maximum absolute atomic E-state index is 13.7. The first kappa shape index (κ1) is 21.3. The molecule has 7 heteroatoms. The molecular formula is C24H24F3NO3. The van der Waals surface area contributed by atoms with Crippen LogP contribution >= 0.6 is 0 Å². The number of rotatable bonds is 7. The maximum atomic E-state index is 13.7. The summed E-state index contributed by atoms with van der Waals surface area (Å²) in [5.74, 6) is -0.324. The number of benzene rings is 2. The van der Waals surface area contributed by atoms with E-state index in [2.05, 4.69) is 0 Å². The summed E-state index contributed by atoms with van der Waals surface area (Å²) in [5.41, 5.74) is 1.21. The minimum absolute atomic E-state index is 0.0147. The van der Waals surface area contributed by atoms with Crippen LogP contribution in [0.25, 0.3) is 10.9 Å². The molecule has 1 aliphatic carbocycles. The van der Waals surface area contributed by atoms with Crippen LogP contribution < -0.4 is 4.74 Å². The molecule has 1 heterocycles. The van der Waals surface area contributed by atoms with Crippen molar-refractivity contribution in [1.82, 2.24) is 4.57 Å². The summed E-state index contributed by atoms with van der Waals surface area (Å²) in [4.78, 5) is 10.8. The van der Waals surface area contributed by atoms with Crippen LogP contribution in [-0.2, 0) is 24.1 Å². The topological polar surface area (TPSA) is 51.5 Å². The number of carbonyl (C=O) groups is 1. The van der Waals surface area contributed by atoms with Gasteiger partial charge in [0.15, 0.2) is 0 Å². The molecule has 1 N–H and O–H groups in total. The van der Waals surface area contributed by atoms with E-state index in [4.69, 9.17) is 9.84 Å². The fourth-order valence-electron chi connectivity index (χ4n) is 4.38. The van der Waals surface area contributed by atoms with Crippen molar-refractivity contribution in [3.63, 3.8) is 0 Å². The second-order valence-electron chi connectivity index (χ2n) is 8.06. The lowest BCUT2D eigenvalue weighted by atomic mass is 9.91. The van der Waals surface area contributed by atoms with Gasteiger partial charge in [-0.1, -0.05) is 25.0 Å². The Hall–Kier alpha value is -2.96. The summed E-state index contributed by atoms with van der Waals surface area (Å²) >= 11 is 0. The van der Waals surface area contributed by atoms with Gasteiger partial charge in [-0.25, -0.2) is 0 Å². The number of aliphatic carboxylic acids is 1. The Bertz CT molecular complexity index is 1080. The van der Waals surface area contributed by atoms with Gasteiger partial charge in [0.25, 0.3) is 0 Å². The maximum Gasteiger partial charge on any atom is 0.416 e. The largest absolute Gasteiger partial charge is 0.489 e. The normalized spacial score (nSPS) is 14.9. The molecule has 1 aromatic heterocycles. The highest BCUT2D eigenvalue weighted by Gasteiger charge is 2.36. The molecule has 0 spiro atoms. The van der Waals surface area contributed by atoms with Gasteiger partial charge >= 0.3 is 12.1 Å². The van der Waals surface area contributed by atoms with E-state index in [-0.39, 0.29) is 18.9 Å². The summed E-state index contributed by atoms with van der Waals surface area (Å²) in [6.07, 6.45) is 1.04. The molecule has 0 amide bonds. The second-order valence-corrected chi connectivity index (χ2v) is 8.06. The minimum atomic E-state index is -4.38. The molecule has 2 aromatic carbocycles. The highest BCUT2D eigenvalue weighted by atomic mass is 19.4. The summed E-state index contributed by atoms with van der Waals surface area (Å²) in [7, 11) is 0. The summed E-state index contributed by atoms with van der Waals surface area (Å²) in [6, 6.07) is 11.8. The van der Waals surface area contributed by atoms with Crippen LogP contribution in [0.5, 0.6) is 5.75 Å². The highest BCUT2D eigenvalue weighted by molar-refractivity contribution is 5.81. The molecule has 31 heavy (non-hydrogen) atoms. The molecule has 0 bridgehead atoms. The average Bonchev–Trinajstić information content (AvgIpc) is 3.39. The van der Waals surface area contributed by atoms with E-state index in [1.807, 2.05) is 29.0 Å². The molecule has 0 aliphatic heterocycles. The van der Waals surface area contributed by atoms with Crippen LogP contribution in [0.1, 0.15) is 54.7 Å². The Morgan fingerprint density at radius 1 is 1.10 bits per heavy atom. The van der Waals surface area contributed by atoms with Gasteiger partial charge in [0.1, 0.15) is 12.4 Å². The smallest absolute Gasteiger partial charge is 0.416 e. The van der Waals surface area contributed by atoms with Gasteiger partial charge in [-0.05, 0) is 60.2 Å². The first-order chi connectivity index (χ1) is 14.8. The van der Waals surface area contributed by atoms with Crippen molar-refractivity contribution in [1.29, 1.82) is 0 Å². The summed E-state index contributed by atoms with van der Waals surface area (Å²) in [6.45, 7) is 0.409. The SMILES string of the molecule is O=C(O)CCn1ccc2cc(OCc3ccc(C4CCCC4)c(C(F)(F)F)c3)ccc21. The molecule has 0 atom stereocenters. The van der Waals surface area contributed by atoms with Crippen LogP contribution in [0.2, 0.25) is 0 Å². The van der Waals surface area contributed by atoms with Crippen LogP contribution in [0.3, 0.4) is 0 Å². The van der Waals surface area contributed by atoms with Gasteiger partial charge < -0.3 is 14.4 Å². The van der Waals surface area contributed by atoms with Gasteiger partial charge in [-0.3, -0.25) is 4.79 Å². The summed E-state index contributed by atoms with van der Waals surface area (Å²) < 4.78 is 48.6. The van der Waals surface area contributed by atoms with Gasteiger partial charge in [-0.15, -0.1) is 0 Å². The fourth-order valence-corrected chi connectivity index (χ4v) is 4.38. The van der Waals surface area contributed by atoms with Crippen molar-refractivity contribution in [2.75, 3.05) is 0 Å². The van der Waals surface area contributed by atoms with Crippen molar-refractivity contribution in [3.05, 3.63) is 65.4 Å². The number of hydrogen-bond acceptors (Lipinski definition) is 2. The van der Waals surface area contributed by atoms with Gasteiger partial charge in [0.2, 0.25) is 0 Å². The molecule has 1 aliphatic rings. The first-order valence-electron chi connectivity index (χ1n) is 10.4. The molecule has 1 fully saturated rings. The number of carboxylic acid groups (broad SMARTS) is 1. The van der Waals surface area contributed by atoms with Crippen molar-refractivity contribution in [2.24, 2.45) is 0 Å². The average molecular weight is 431 g/mol. The van der Waals surface area contributed by atoms with E-state index in [9.17, 15) is 18.0 Å². The van der Waals surface area contributed by atoms with Crippen LogP contribution in [-0.4, -0.2) is 15.6 Å². The van der Waals surface area contributed by atoms with E-state index in [0.29, 0.717) is 23.4 Å². The number of nitrogens with zero attached hydrogens (tertiary/aromatic N) is 1. The molecule has 0 radical (unpaired) electrons. The highest BCUT2D eigenvalue weighted by Crippen LogP contribution is 2.42. The lowest BCUT2D eigenvalue weighted by Gasteiger charge is -2.19. The van der Waals surface area contributed by atoms with E-state index in [0.717, 1.165) is 36.6 Å². The zero-order valence-electron chi connectivity index (χ0n) is 17.0. The van der Waals surface area contributed by atoms with Crippen LogP contribution in [0, 0.1) is 0 Å². The minimum Gasteiger partial charge on any atom is -0.489 e. The quantitative estimate of drug-likeness (QED) is 0.473. The Morgan fingerprint density at radius 2 is 1.87 bits per heavy atom. The van der Waals surface area contributed by atoms with E-state index < -0.39 is 17.7 Å². The number of halogens is 3. The number of hydrogen-bond donors (Lipinski definition) is 1. The third kappa shape index (κ3) is 4.86. The first-order valence-corrected chi connectivity index (χ1v) is 10.4. The monoisotopic (exact) mass is 431 g/mol. The van der Waals surface area contributed by atoms with Gasteiger partial charge in [0, 0.05) is 23.6 Å². The molecule has 164 valence electrons. The van der Waals surface area contributed by atoms with Gasteiger partial charge in [0.05, 0.1) is 12.0 Å². The van der Waals surface area contributed by atoms with Crippen molar-refractivity contribution < 1.29 is 27.8 Å². The van der Waals surface area contributed by atoms with Crippen molar-refractivity contribution in [2.45, 2.75) is 57.3 Å². The van der Waals surface area contributed by atoms with Gasteiger partial charge in [-0.2, -0.15) is 13.2 Å². The molecule has 1 saturated carbocycles. The van der Waals surface area contributed by atoms with Crippen LogP contribution in [0.15, 0.2) is 48.7 Å². The third-order valence-electron chi connectivity index (χ3n) is 5.93. The second kappa shape index (κ2) is 8.65. The Labute approximate surface area is 178 Å². The van der Waals surface area contributed by atoms with Crippen molar-refractivity contribution >= 4 is 16.9 Å². The van der Waals surface area contributed by atoms with Crippen LogP contribution in [0.4, 0.5) is 13.2 Å². The number of aromatic nitrogens is 1. The molecule has 4 nitrogen and oxygen atoms in total. The Morgan fingerprint density at radius 3 is 2.58 bits per heavy atom. The third-order valence-corrected chi connectivity index (χ3v) is 5.93. The lowest BCUT2D eigenvalue weighted by molar-refractivity contribution is -0.139. The molecular weight excluding hydrogens is 407 g/mol. The van der Waals surface area contributed by atoms with E-state index in [1.165, 1.54) is 6.07 Å². The Kier molecular flexibility index (Phi) is 5.94. The summed E-state index contributed by atoms with van der Waals surface area (Å²) in [5, 5.41) is 9.74. The lowest BCUT2D eigenvalue weighted by Crippen LogP contribution is -2.12. The fraction of sp³-hybridized carbons (Fsp3) is 0.375. The number of fused-ring (bicyclic) bond motifs is 1. The number of aryl methyl sites for hydroxylation is 1. The molecule has 0 unspecified atom stereocenters. The number of ether oxygens (including phenoxy) is 1. The van der Waals surface area contributed by atoms with E-state index >= 15 is 0 Å². The molecule has 4 rings (SSSR count). The standard InChI is InChI=1S/C24H24F3NO3/c25-24(26,27)21-13-16(5-7-20(21)17-3-1-2-4-17)15-31-19-6-8-22-18(14-19)9-11-28(22)12-10-23(29)30/h5-9,11,13-14,17H,1-4,10,12,15H2,(H,29,30). The van der Waals surface area contributed by atoms with E-state index in [1.54, 1.807) is 18.2 Å². The predicted octanol–water partition coefficient (Wildman–Crippen LogP) is 6.37.